The van der Waals surface area contributed by atoms with E-state index in [1.54, 1.807) is 0 Å². The van der Waals surface area contributed by atoms with Gasteiger partial charge in [-0.25, -0.2) is 0 Å². The second kappa shape index (κ2) is 9.68. The third-order valence-electron chi connectivity index (χ3n) is 3.74. The van der Waals surface area contributed by atoms with Gasteiger partial charge in [-0.05, 0) is 57.8 Å². The summed E-state index contributed by atoms with van der Waals surface area (Å²) in [6, 6.07) is 0. The smallest absolute Gasteiger partial charge is 0.160 e. The molecule has 20 heavy (non-hydrogen) atoms. The number of hydrogen-bond donors (Lipinski definition) is 1. The Morgan fingerprint density at radius 1 is 0.650 bits per heavy atom. The zero-order chi connectivity index (χ0) is 14.0. The summed E-state index contributed by atoms with van der Waals surface area (Å²) < 4.78 is 21.5. The van der Waals surface area contributed by atoms with Crippen molar-refractivity contribution in [1.82, 2.24) is 0 Å². The van der Waals surface area contributed by atoms with Crippen LogP contribution in [0.5, 0.6) is 0 Å². The van der Waals surface area contributed by atoms with Crippen molar-refractivity contribution in [1.29, 1.82) is 0 Å². The lowest BCUT2D eigenvalue weighted by molar-refractivity contribution is -0.264. The van der Waals surface area contributed by atoms with Crippen LogP contribution in [0.1, 0.15) is 57.8 Å². The predicted molar refractivity (Wildman–Crippen MR) is 74.1 cm³/mol. The van der Waals surface area contributed by atoms with E-state index in [4.69, 9.17) is 24.1 Å². The predicted octanol–water partition coefficient (Wildman–Crippen LogP) is 2.56. The molecule has 1 N–H and O–H groups in total. The fraction of sp³-hybridized carbons (Fsp3) is 1.00. The van der Waals surface area contributed by atoms with Crippen molar-refractivity contribution in [3.8, 4) is 0 Å². The van der Waals surface area contributed by atoms with E-state index in [9.17, 15) is 0 Å². The molecule has 0 aromatic heterocycles. The molecule has 3 saturated heterocycles. The molecule has 0 amide bonds. The zero-order valence-electron chi connectivity index (χ0n) is 12.3. The molecule has 5 heteroatoms. The summed E-state index contributed by atoms with van der Waals surface area (Å²) in [5.74, 6) is 0. The van der Waals surface area contributed by atoms with E-state index >= 15 is 0 Å². The summed E-state index contributed by atoms with van der Waals surface area (Å²) in [7, 11) is 0. The molecule has 0 bridgehead atoms. The number of aliphatic hydroxyl groups is 1. The summed E-state index contributed by atoms with van der Waals surface area (Å²) in [6.07, 6.45) is 9.41. The molecule has 0 aromatic rings. The summed E-state index contributed by atoms with van der Waals surface area (Å²) in [4.78, 5) is 0. The van der Waals surface area contributed by atoms with E-state index in [1.807, 2.05) is 0 Å². The Morgan fingerprint density at radius 2 is 1.15 bits per heavy atom. The first-order chi connectivity index (χ1) is 9.84. The highest BCUT2D eigenvalue weighted by atomic mass is 16.8. The topological polar surface area (TPSA) is 57.2 Å². The third kappa shape index (κ3) is 6.50. The lowest BCUT2D eigenvalue weighted by Gasteiger charge is -2.29. The van der Waals surface area contributed by atoms with Gasteiger partial charge in [-0.2, -0.15) is 0 Å². The Morgan fingerprint density at radius 3 is 1.45 bits per heavy atom. The molecule has 0 aromatic carbocycles. The average molecular weight is 288 g/mol. The SMILES string of the molecule is C1CCC(OC2CCCCO2)OC1.OC1CCCCO1. The van der Waals surface area contributed by atoms with E-state index < -0.39 is 6.29 Å². The van der Waals surface area contributed by atoms with Crippen molar-refractivity contribution < 1.29 is 24.1 Å². The van der Waals surface area contributed by atoms with Crippen LogP contribution in [0.15, 0.2) is 0 Å². The van der Waals surface area contributed by atoms with Crippen LogP contribution in [0.4, 0.5) is 0 Å². The van der Waals surface area contributed by atoms with Crippen molar-refractivity contribution in [3.05, 3.63) is 0 Å². The summed E-state index contributed by atoms with van der Waals surface area (Å²) in [5, 5.41) is 8.69. The first-order valence-electron chi connectivity index (χ1n) is 8.03. The normalized spacial score (nSPS) is 35.0. The van der Waals surface area contributed by atoms with Gasteiger partial charge in [0.25, 0.3) is 0 Å². The Bertz CT molecular complexity index is 214. The van der Waals surface area contributed by atoms with Gasteiger partial charge in [0.1, 0.15) is 0 Å². The molecule has 0 aliphatic carbocycles. The van der Waals surface area contributed by atoms with Crippen LogP contribution in [-0.2, 0) is 18.9 Å². The monoisotopic (exact) mass is 288 g/mol. The van der Waals surface area contributed by atoms with E-state index in [-0.39, 0.29) is 12.6 Å². The summed E-state index contributed by atoms with van der Waals surface area (Å²) in [5.41, 5.74) is 0. The van der Waals surface area contributed by atoms with Crippen molar-refractivity contribution in [2.24, 2.45) is 0 Å². The van der Waals surface area contributed by atoms with Crippen LogP contribution in [0.25, 0.3) is 0 Å². The molecule has 3 atom stereocenters. The molecular formula is C15H28O5. The highest BCUT2D eigenvalue weighted by molar-refractivity contribution is 4.59. The summed E-state index contributed by atoms with van der Waals surface area (Å²) >= 11 is 0. The molecule has 3 fully saturated rings. The van der Waals surface area contributed by atoms with Crippen LogP contribution in [0.3, 0.4) is 0 Å². The Hall–Kier alpha value is -0.200. The van der Waals surface area contributed by atoms with Crippen LogP contribution >= 0.6 is 0 Å². The summed E-state index contributed by atoms with van der Waals surface area (Å²) in [6.45, 7) is 2.43. The van der Waals surface area contributed by atoms with E-state index in [0.29, 0.717) is 0 Å². The molecule has 0 spiro atoms. The maximum atomic E-state index is 8.69. The van der Waals surface area contributed by atoms with Gasteiger partial charge in [-0.15, -0.1) is 0 Å². The minimum absolute atomic E-state index is 0.00292. The first-order valence-corrected chi connectivity index (χ1v) is 8.03. The maximum Gasteiger partial charge on any atom is 0.160 e. The Labute approximate surface area is 121 Å². The van der Waals surface area contributed by atoms with Gasteiger partial charge in [0, 0.05) is 19.8 Å². The van der Waals surface area contributed by atoms with Gasteiger partial charge in [-0.3, -0.25) is 0 Å². The second-order valence-corrected chi connectivity index (χ2v) is 5.55. The molecular weight excluding hydrogens is 260 g/mol. The van der Waals surface area contributed by atoms with Crippen LogP contribution in [0.2, 0.25) is 0 Å². The van der Waals surface area contributed by atoms with Crippen LogP contribution in [0, 0.1) is 0 Å². The Kier molecular flexibility index (Phi) is 7.83. The number of hydrogen-bond acceptors (Lipinski definition) is 5. The standard InChI is InChI=1S/C10H18O3.C5H10O2/c1-3-7-11-9(5-1)13-10-6-2-4-8-12-10;6-5-3-1-2-4-7-5/h9-10H,1-8H2;5-6H,1-4H2. The maximum absolute atomic E-state index is 8.69. The van der Waals surface area contributed by atoms with Crippen LogP contribution in [-0.4, -0.2) is 43.8 Å². The fourth-order valence-electron chi connectivity index (χ4n) is 2.53. The lowest BCUT2D eigenvalue weighted by Crippen LogP contribution is -2.31. The quantitative estimate of drug-likeness (QED) is 0.846. The molecule has 3 aliphatic heterocycles. The van der Waals surface area contributed by atoms with Crippen LogP contribution < -0.4 is 0 Å². The minimum Gasteiger partial charge on any atom is -0.368 e. The molecule has 5 nitrogen and oxygen atoms in total. The van der Waals surface area contributed by atoms with Gasteiger partial charge in [0.2, 0.25) is 0 Å². The van der Waals surface area contributed by atoms with Gasteiger partial charge < -0.3 is 24.1 Å². The molecule has 118 valence electrons. The highest BCUT2D eigenvalue weighted by Crippen LogP contribution is 2.20. The lowest BCUT2D eigenvalue weighted by atomic mass is 10.2. The first kappa shape index (κ1) is 16.2. The second-order valence-electron chi connectivity index (χ2n) is 5.55. The molecule has 0 radical (unpaired) electrons. The number of rotatable bonds is 2. The molecule has 3 heterocycles. The van der Waals surface area contributed by atoms with Gasteiger partial charge in [0.15, 0.2) is 18.9 Å². The Balaban J connectivity index is 0.000000178. The number of ether oxygens (including phenoxy) is 4. The van der Waals surface area contributed by atoms with Gasteiger partial charge in [-0.1, -0.05) is 0 Å². The fourth-order valence-corrected chi connectivity index (χ4v) is 2.53. The van der Waals surface area contributed by atoms with E-state index in [0.717, 1.165) is 51.9 Å². The minimum atomic E-state index is -0.464. The van der Waals surface area contributed by atoms with Crippen molar-refractivity contribution >= 4 is 0 Å². The third-order valence-corrected chi connectivity index (χ3v) is 3.74. The van der Waals surface area contributed by atoms with E-state index in [1.165, 1.54) is 25.7 Å². The average Bonchev–Trinajstić information content (AvgIpc) is 2.51. The highest BCUT2D eigenvalue weighted by Gasteiger charge is 2.21. The van der Waals surface area contributed by atoms with Crippen molar-refractivity contribution in [3.63, 3.8) is 0 Å². The molecule has 3 rings (SSSR count). The van der Waals surface area contributed by atoms with Gasteiger partial charge in [0.05, 0.1) is 0 Å². The zero-order valence-corrected chi connectivity index (χ0v) is 12.3. The molecule has 0 saturated carbocycles. The molecule has 3 aliphatic rings. The van der Waals surface area contributed by atoms with Crippen molar-refractivity contribution in [2.75, 3.05) is 19.8 Å². The van der Waals surface area contributed by atoms with E-state index in [2.05, 4.69) is 0 Å². The van der Waals surface area contributed by atoms with Crippen molar-refractivity contribution in [2.45, 2.75) is 76.7 Å². The van der Waals surface area contributed by atoms with Gasteiger partial charge >= 0.3 is 0 Å². The molecule has 3 unspecified atom stereocenters. The number of aliphatic hydroxyl groups excluding tert-OH is 1. The largest absolute Gasteiger partial charge is 0.368 e.